The number of hydrogen-bond acceptors (Lipinski definition) is 3. The molecule has 2 heterocycles. The Morgan fingerprint density at radius 1 is 1.53 bits per heavy atom. The Labute approximate surface area is 104 Å². The highest BCUT2D eigenvalue weighted by atomic mass is 16.5. The molecule has 0 radical (unpaired) electrons. The van der Waals surface area contributed by atoms with Gasteiger partial charge in [-0.25, -0.2) is 0 Å². The average molecular weight is 237 g/mol. The van der Waals surface area contributed by atoms with Crippen LogP contribution >= 0.6 is 0 Å². The maximum absolute atomic E-state index is 5.71. The molecule has 0 bridgehead atoms. The number of aryl methyl sites for hydroxylation is 1. The fourth-order valence-electron chi connectivity index (χ4n) is 2.27. The standard InChI is InChI=1S/C13H23N3O/c1-3-16-6-4-5-12(16)9-14-10-13-11-15(2)7-8-17-13/h4-6,13-14H,3,7-11H2,1-2H3. The Bertz CT molecular complexity index is 337. The lowest BCUT2D eigenvalue weighted by Gasteiger charge is -2.30. The van der Waals surface area contributed by atoms with Gasteiger partial charge in [0.25, 0.3) is 0 Å². The summed E-state index contributed by atoms with van der Waals surface area (Å²) in [6.45, 7) is 7.99. The summed E-state index contributed by atoms with van der Waals surface area (Å²) < 4.78 is 7.98. The van der Waals surface area contributed by atoms with E-state index in [0.29, 0.717) is 6.10 Å². The summed E-state index contributed by atoms with van der Waals surface area (Å²) in [7, 11) is 2.15. The third kappa shape index (κ3) is 3.56. The van der Waals surface area contributed by atoms with Gasteiger partial charge in [-0.15, -0.1) is 0 Å². The molecule has 0 spiro atoms. The minimum atomic E-state index is 0.332. The molecule has 1 fully saturated rings. The Morgan fingerprint density at radius 2 is 2.41 bits per heavy atom. The number of rotatable bonds is 5. The van der Waals surface area contributed by atoms with Crippen LogP contribution in [0.15, 0.2) is 18.3 Å². The van der Waals surface area contributed by atoms with Gasteiger partial charge in [0.05, 0.1) is 12.7 Å². The second kappa shape index (κ2) is 6.19. The van der Waals surface area contributed by atoms with E-state index in [-0.39, 0.29) is 0 Å². The number of morpholine rings is 1. The number of nitrogens with one attached hydrogen (secondary N) is 1. The highest BCUT2D eigenvalue weighted by Gasteiger charge is 2.16. The van der Waals surface area contributed by atoms with Gasteiger partial charge in [0, 0.05) is 44.6 Å². The van der Waals surface area contributed by atoms with E-state index in [2.05, 4.69) is 47.1 Å². The van der Waals surface area contributed by atoms with Crippen LogP contribution in [-0.4, -0.2) is 48.9 Å². The van der Waals surface area contributed by atoms with Crippen molar-refractivity contribution >= 4 is 0 Å². The smallest absolute Gasteiger partial charge is 0.0826 e. The third-order valence-electron chi connectivity index (χ3n) is 3.28. The Morgan fingerprint density at radius 3 is 3.18 bits per heavy atom. The van der Waals surface area contributed by atoms with E-state index in [4.69, 9.17) is 4.74 Å². The second-order valence-electron chi connectivity index (χ2n) is 4.67. The number of nitrogens with zero attached hydrogens (tertiary/aromatic N) is 2. The van der Waals surface area contributed by atoms with Gasteiger partial charge in [-0.1, -0.05) is 0 Å². The van der Waals surface area contributed by atoms with E-state index in [9.17, 15) is 0 Å². The van der Waals surface area contributed by atoms with Crippen LogP contribution in [0.25, 0.3) is 0 Å². The van der Waals surface area contributed by atoms with Crippen LogP contribution in [0.5, 0.6) is 0 Å². The molecule has 1 aromatic rings. The van der Waals surface area contributed by atoms with Crippen LogP contribution in [0.3, 0.4) is 0 Å². The van der Waals surface area contributed by atoms with E-state index in [1.54, 1.807) is 0 Å². The Kier molecular flexibility index (Phi) is 4.59. The molecule has 1 unspecified atom stereocenters. The molecule has 1 aliphatic rings. The number of ether oxygens (including phenoxy) is 1. The zero-order chi connectivity index (χ0) is 12.1. The second-order valence-corrected chi connectivity index (χ2v) is 4.67. The van der Waals surface area contributed by atoms with Gasteiger partial charge in [0.15, 0.2) is 0 Å². The van der Waals surface area contributed by atoms with Gasteiger partial charge < -0.3 is 19.5 Å². The normalized spacial score (nSPS) is 21.9. The summed E-state index contributed by atoms with van der Waals surface area (Å²) in [5.74, 6) is 0. The first-order chi connectivity index (χ1) is 8.29. The van der Waals surface area contributed by atoms with Crippen molar-refractivity contribution in [3.05, 3.63) is 24.0 Å². The quantitative estimate of drug-likeness (QED) is 0.826. The molecule has 1 aromatic heterocycles. The van der Waals surface area contributed by atoms with E-state index in [1.807, 2.05) is 0 Å². The summed E-state index contributed by atoms with van der Waals surface area (Å²) in [5.41, 5.74) is 1.34. The van der Waals surface area contributed by atoms with Crippen molar-refractivity contribution in [1.29, 1.82) is 0 Å². The largest absolute Gasteiger partial charge is 0.374 e. The predicted molar refractivity (Wildman–Crippen MR) is 69.0 cm³/mol. The van der Waals surface area contributed by atoms with Gasteiger partial charge >= 0.3 is 0 Å². The molecule has 1 saturated heterocycles. The number of hydrogen-bond donors (Lipinski definition) is 1. The maximum Gasteiger partial charge on any atom is 0.0826 e. The molecule has 4 nitrogen and oxygen atoms in total. The van der Waals surface area contributed by atoms with Crippen LogP contribution in [0.2, 0.25) is 0 Å². The van der Waals surface area contributed by atoms with Crippen molar-refractivity contribution in [2.45, 2.75) is 26.1 Å². The summed E-state index contributed by atoms with van der Waals surface area (Å²) >= 11 is 0. The lowest BCUT2D eigenvalue weighted by molar-refractivity contribution is -0.0182. The average Bonchev–Trinajstić information content (AvgIpc) is 2.77. The van der Waals surface area contributed by atoms with E-state index < -0.39 is 0 Å². The highest BCUT2D eigenvalue weighted by molar-refractivity contribution is 5.06. The maximum atomic E-state index is 5.71. The summed E-state index contributed by atoms with van der Waals surface area (Å²) in [4.78, 5) is 2.32. The van der Waals surface area contributed by atoms with Crippen LogP contribution in [0.4, 0.5) is 0 Å². The first-order valence-electron chi connectivity index (χ1n) is 6.44. The summed E-state index contributed by atoms with van der Waals surface area (Å²) in [6, 6.07) is 4.27. The highest BCUT2D eigenvalue weighted by Crippen LogP contribution is 2.04. The van der Waals surface area contributed by atoms with Gasteiger partial charge in [-0.2, -0.15) is 0 Å². The fourth-order valence-corrected chi connectivity index (χ4v) is 2.27. The SMILES string of the molecule is CCn1cccc1CNCC1CN(C)CCO1. The van der Waals surface area contributed by atoms with Crippen LogP contribution in [-0.2, 0) is 17.8 Å². The van der Waals surface area contributed by atoms with E-state index in [0.717, 1.165) is 39.3 Å². The molecular weight excluding hydrogens is 214 g/mol. The molecule has 96 valence electrons. The van der Waals surface area contributed by atoms with Crippen molar-refractivity contribution in [1.82, 2.24) is 14.8 Å². The van der Waals surface area contributed by atoms with Crippen molar-refractivity contribution < 1.29 is 4.74 Å². The fraction of sp³-hybridized carbons (Fsp3) is 0.692. The minimum Gasteiger partial charge on any atom is -0.374 e. The molecule has 0 aliphatic carbocycles. The Balaban J connectivity index is 1.72. The van der Waals surface area contributed by atoms with Crippen molar-refractivity contribution in [3.8, 4) is 0 Å². The van der Waals surface area contributed by atoms with Crippen molar-refractivity contribution in [2.24, 2.45) is 0 Å². The molecule has 0 amide bonds. The lowest BCUT2D eigenvalue weighted by atomic mass is 10.3. The van der Waals surface area contributed by atoms with Gasteiger partial charge in [0.1, 0.15) is 0 Å². The lowest BCUT2D eigenvalue weighted by Crippen LogP contribution is -2.44. The minimum absolute atomic E-state index is 0.332. The number of likely N-dealkylation sites (N-methyl/N-ethyl adjacent to an activating group) is 1. The molecule has 2 rings (SSSR count). The molecule has 17 heavy (non-hydrogen) atoms. The number of aromatic nitrogens is 1. The monoisotopic (exact) mass is 237 g/mol. The molecular formula is C13H23N3O. The molecule has 1 aliphatic heterocycles. The summed E-state index contributed by atoms with van der Waals surface area (Å²) in [6.07, 6.45) is 2.46. The zero-order valence-electron chi connectivity index (χ0n) is 10.9. The molecule has 0 saturated carbocycles. The van der Waals surface area contributed by atoms with Crippen LogP contribution < -0.4 is 5.32 Å². The van der Waals surface area contributed by atoms with Crippen molar-refractivity contribution in [3.63, 3.8) is 0 Å². The van der Waals surface area contributed by atoms with Gasteiger partial charge in [-0.05, 0) is 26.1 Å². The first kappa shape index (κ1) is 12.6. The first-order valence-corrected chi connectivity index (χ1v) is 6.44. The molecule has 1 N–H and O–H groups in total. The zero-order valence-corrected chi connectivity index (χ0v) is 10.9. The van der Waals surface area contributed by atoms with Crippen LogP contribution in [0.1, 0.15) is 12.6 Å². The van der Waals surface area contributed by atoms with E-state index >= 15 is 0 Å². The predicted octanol–water partition coefficient (Wildman–Crippen LogP) is 0.928. The molecule has 4 heteroatoms. The van der Waals surface area contributed by atoms with E-state index in [1.165, 1.54) is 5.69 Å². The summed E-state index contributed by atoms with van der Waals surface area (Å²) in [5, 5.41) is 3.48. The Hall–Kier alpha value is -0.840. The van der Waals surface area contributed by atoms with Crippen molar-refractivity contribution in [2.75, 3.05) is 33.3 Å². The molecule has 0 aromatic carbocycles. The van der Waals surface area contributed by atoms with Gasteiger partial charge in [-0.3, -0.25) is 0 Å². The third-order valence-corrected chi connectivity index (χ3v) is 3.28. The molecule has 1 atom stereocenters. The topological polar surface area (TPSA) is 29.4 Å². The van der Waals surface area contributed by atoms with Gasteiger partial charge in [0.2, 0.25) is 0 Å². The van der Waals surface area contributed by atoms with Crippen LogP contribution in [0, 0.1) is 0 Å².